The molecule has 1 N–H and O–H groups in total. The van der Waals surface area contributed by atoms with Gasteiger partial charge in [0, 0.05) is 35.0 Å². The van der Waals surface area contributed by atoms with Crippen molar-refractivity contribution in [1.29, 1.82) is 0 Å². The maximum atomic E-state index is 13.1. The number of halogens is 1. The second kappa shape index (κ2) is 8.19. The minimum atomic E-state index is -0.239. The monoisotopic (exact) mass is 401 g/mol. The lowest BCUT2D eigenvalue weighted by atomic mass is 10.1. The van der Waals surface area contributed by atoms with Crippen molar-refractivity contribution >= 4 is 33.7 Å². The number of benzene rings is 1. The second-order valence-corrected chi connectivity index (χ2v) is 8.48. The highest BCUT2D eigenvalue weighted by molar-refractivity contribution is 7.14. The van der Waals surface area contributed by atoms with Gasteiger partial charge in [0.05, 0.1) is 12.1 Å². The molecule has 2 aromatic heterocycles. The number of nitrogens with one attached hydrogen (secondary N) is 1. The molecule has 0 bridgehead atoms. The first-order valence-electron chi connectivity index (χ1n) is 8.95. The average Bonchev–Trinajstić information content (AvgIpc) is 3.35. The lowest BCUT2D eigenvalue weighted by Crippen LogP contribution is -2.45. The summed E-state index contributed by atoms with van der Waals surface area (Å²) in [4.78, 5) is 20.2. The first kappa shape index (κ1) is 18.1. The normalized spacial score (nSPS) is 15.1. The summed E-state index contributed by atoms with van der Waals surface area (Å²) in [5, 5.41) is 8.14. The molecule has 0 spiro atoms. The third-order valence-electron chi connectivity index (χ3n) is 4.68. The molecule has 7 heteroatoms. The van der Waals surface area contributed by atoms with Gasteiger partial charge in [-0.05, 0) is 48.6 Å². The predicted molar refractivity (Wildman–Crippen MR) is 109 cm³/mol. The summed E-state index contributed by atoms with van der Waals surface area (Å²) in [5.74, 6) is -0.138. The summed E-state index contributed by atoms with van der Waals surface area (Å²) in [6.07, 6.45) is 2.30. The van der Waals surface area contributed by atoms with E-state index >= 15 is 0 Å². The molecule has 0 saturated carbocycles. The van der Waals surface area contributed by atoms with Crippen molar-refractivity contribution in [3.8, 4) is 11.3 Å². The van der Waals surface area contributed by atoms with Gasteiger partial charge in [-0.25, -0.2) is 9.37 Å². The maximum absolute atomic E-state index is 13.1. The molecule has 1 saturated heterocycles. The minimum Gasteiger partial charge on any atom is -0.353 e. The Labute approximate surface area is 165 Å². The third-order valence-corrected chi connectivity index (χ3v) is 6.46. The molecule has 4 nitrogen and oxygen atoms in total. The zero-order chi connectivity index (χ0) is 18.6. The van der Waals surface area contributed by atoms with Crippen LogP contribution in [-0.4, -0.2) is 30.0 Å². The molecule has 27 heavy (non-hydrogen) atoms. The van der Waals surface area contributed by atoms with Gasteiger partial charge in [0.2, 0.25) is 5.91 Å². The van der Waals surface area contributed by atoms with Crippen molar-refractivity contribution in [1.82, 2.24) is 10.3 Å². The number of nitrogens with zero attached hydrogens (tertiary/aromatic N) is 2. The summed E-state index contributed by atoms with van der Waals surface area (Å²) in [5.41, 5.74) is 1.80. The SMILES string of the molecule is O=C(Cc1cccs1)NC1CCN(c2nc(-c3ccc(F)cc3)cs2)CC1. The summed E-state index contributed by atoms with van der Waals surface area (Å²) in [7, 11) is 0. The molecule has 0 unspecified atom stereocenters. The number of carbonyl (C=O) groups is 1. The summed E-state index contributed by atoms with van der Waals surface area (Å²) >= 11 is 3.22. The zero-order valence-corrected chi connectivity index (χ0v) is 16.4. The van der Waals surface area contributed by atoms with E-state index in [1.807, 2.05) is 22.9 Å². The van der Waals surface area contributed by atoms with Crippen LogP contribution in [-0.2, 0) is 11.2 Å². The molecule has 140 valence electrons. The van der Waals surface area contributed by atoms with Crippen LogP contribution in [0.25, 0.3) is 11.3 Å². The minimum absolute atomic E-state index is 0.101. The highest BCUT2D eigenvalue weighted by atomic mass is 32.1. The number of piperidine rings is 1. The number of rotatable bonds is 5. The van der Waals surface area contributed by atoms with Gasteiger partial charge in [0.1, 0.15) is 5.82 Å². The molecule has 3 aromatic rings. The molecule has 1 amide bonds. The molecule has 0 aliphatic carbocycles. The second-order valence-electron chi connectivity index (χ2n) is 6.61. The van der Waals surface area contributed by atoms with Crippen molar-refractivity contribution < 1.29 is 9.18 Å². The van der Waals surface area contributed by atoms with Crippen LogP contribution in [0, 0.1) is 5.82 Å². The van der Waals surface area contributed by atoms with E-state index in [4.69, 9.17) is 4.98 Å². The summed E-state index contributed by atoms with van der Waals surface area (Å²) < 4.78 is 13.1. The van der Waals surface area contributed by atoms with Crippen LogP contribution in [0.4, 0.5) is 9.52 Å². The van der Waals surface area contributed by atoms with Crippen molar-refractivity contribution in [3.05, 3.63) is 57.9 Å². The molecule has 1 aliphatic rings. The molecule has 1 aliphatic heterocycles. The predicted octanol–water partition coefficient (Wildman–Crippen LogP) is 4.34. The summed E-state index contributed by atoms with van der Waals surface area (Å²) in [6, 6.07) is 10.6. The molecule has 0 atom stereocenters. The van der Waals surface area contributed by atoms with E-state index in [0.29, 0.717) is 6.42 Å². The van der Waals surface area contributed by atoms with E-state index < -0.39 is 0 Å². The van der Waals surface area contributed by atoms with Gasteiger partial charge in [-0.2, -0.15) is 0 Å². The molecule has 3 heterocycles. The molecular weight excluding hydrogens is 381 g/mol. The van der Waals surface area contributed by atoms with Gasteiger partial charge < -0.3 is 10.2 Å². The van der Waals surface area contributed by atoms with Gasteiger partial charge in [-0.3, -0.25) is 4.79 Å². The van der Waals surface area contributed by atoms with E-state index in [-0.39, 0.29) is 17.8 Å². The highest BCUT2D eigenvalue weighted by Crippen LogP contribution is 2.29. The fourth-order valence-corrected chi connectivity index (χ4v) is 4.82. The Morgan fingerprint density at radius 3 is 2.67 bits per heavy atom. The molecular formula is C20H20FN3OS2. The van der Waals surface area contributed by atoms with E-state index in [0.717, 1.165) is 47.2 Å². The van der Waals surface area contributed by atoms with E-state index in [2.05, 4.69) is 10.2 Å². The van der Waals surface area contributed by atoms with Gasteiger partial charge >= 0.3 is 0 Å². The van der Waals surface area contributed by atoms with Gasteiger partial charge in [-0.1, -0.05) is 6.07 Å². The largest absolute Gasteiger partial charge is 0.353 e. The number of anilines is 1. The first-order chi connectivity index (χ1) is 13.2. The van der Waals surface area contributed by atoms with E-state index in [1.165, 1.54) is 12.1 Å². The van der Waals surface area contributed by atoms with Crippen LogP contribution >= 0.6 is 22.7 Å². The topological polar surface area (TPSA) is 45.2 Å². The highest BCUT2D eigenvalue weighted by Gasteiger charge is 2.22. The van der Waals surface area contributed by atoms with Crippen molar-refractivity contribution in [2.45, 2.75) is 25.3 Å². The molecule has 4 rings (SSSR count). The number of aromatic nitrogens is 1. The van der Waals surface area contributed by atoms with Crippen molar-refractivity contribution in [3.63, 3.8) is 0 Å². The summed E-state index contributed by atoms with van der Waals surface area (Å²) in [6.45, 7) is 1.75. The molecule has 0 radical (unpaired) electrons. The number of carbonyl (C=O) groups excluding carboxylic acids is 1. The van der Waals surface area contributed by atoms with E-state index in [1.54, 1.807) is 34.8 Å². The first-order valence-corrected chi connectivity index (χ1v) is 10.7. The Kier molecular flexibility index (Phi) is 5.50. The third kappa shape index (κ3) is 4.54. The number of amides is 1. The van der Waals surface area contributed by atoms with Crippen LogP contribution in [0.3, 0.4) is 0 Å². The number of thiazole rings is 1. The molecule has 1 aromatic carbocycles. The number of hydrogen-bond donors (Lipinski definition) is 1. The molecule has 1 fully saturated rings. The Hall–Kier alpha value is -2.25. The lowest BCUT2D eigenvalue weighted by Gasteiger charge is -2.32. The van der Waals surface area contributed by atoms with Crippen LogP contribution < -0.4 is 10.2 Å². The Morgan fingerprint density at radius 1 is 1.19 bits per heavy atom. The van der Waals surface area contributed by atoms with Crippen molar-refractivity contribution in [2.75, 3.05) is 18.0 Å². The van der Waals surface area contributed by atoms with Gasteiger partial charge in [0.25, 0.3) is 0 Å². The number of hydrogen-bond acceptors (Lipinski definition) is 5. The smallest absolute Gasteiger partial charge is 0.225 e. The van der Waals surface area contributed by atoms with Crippen LogP contribution in [0.15, 0.2) is 47.2 Å². The fourth-order valence-electron chi connectivity index (χ4n) is 3.23. The maximum Gasteiger partial charge on any atom is 0.225 e. The van der Waals surface area contributed by atoms with Crippen molar-refractivity contribution in [2.24, 2.45) is 0 Å². The fraction of sp³-hybridized carbons (Fsp3) is 0.300. The van der Waals surface area contributed by atoms with E-state index in [9.17, 15) is 9.18 Å². The average molecular weight is 402 g/mol. The Morgan fingerprint density at radius 2 is 1.96 bits per heavy atom. The van der Waals surface area contributed by atoms with Crippen LogP contribution in [0.1, 0.15) is 17.7 Å². The lowest BCUT2D eigenvalue weighted by molar-refractivity contribution is -0.121. The quantitative estimate of drug-likeness (QED) is 0.692. The van der Waals surface area contributed by atoms with Gasteiger partial charge in [0.15, 0.2) is 5.13 Å². The number of thiophene rings is 1. The van der Waals surface area contributed by atoms with Crippen LogP contribution in [0.2, 0.25) is 0 Å². The zero-order valence-electron chi connectivity index (χ0n) is 14.7. The standard InChI is InChI=1S/C20H20FN3OS2/c21-15-5-3-14(4-6-15)18-13-27-20(23-18)24-9-7-16(8-10-24)22-19(25)12-17-2-1-11-26-17/h1-6,11,13,16H,7-10,12H2,(H,22,25). The Balaban J connectivity index is 1.30. The van der Waals surface area contributed by atoms with Gasteiger partial charge in [-0.15, -0.1) is 22.7 Å². The Bertz CT molecular complexity index is 884. The van der Waals surface area contributed by atoms with Crippen LogP contribution in [0.5, 0.6) is 0 Å².